The van der Waals surface area contributed by atoms with E-state index in [2.05, 4.69) is 6.92 Å². The van der Waals surface area contributed by atoms with Gasteiger partial charge in [-0.3, -0.25) is 4.48 Å². The summed E-state index contributed by atoms with van der Waals surface area (Å²) in [4.78, 5) is 11.0. The molecule has 0 bridgehead atoms. The van der Waals surface area contributed by atoms with Gasteiger partial charge in [-0.2, -0.15) is 0 Å². The molecule has 0 N–H and O–H groups in total. The van der Waals surface area contributed by atoms with E-state index < -0.39 is 6.09 Å². The van der Waals surface area contributed by atoms with E-state index in [-0.39, 0.29) is 4.48 Å². The van der Waals surface area contributed by atoms with Gasteiger partial charge < -0.3 is 9.90 Å². The van der Waals surface area contributed by atoms with Crippen LogP contribution in [0.1, 0.15) is 33.1 Å². The zero-order valence-corrected chi connectivity index (χ0v) is 8.58. The Labute approximate surface area is 79.9 Å². The zero-order chi connectivity index (χ0) is 9.90. The Balaban J connectivity index is 2.69. The molecule has 0 radical (unpaired) electrons. The average Bonchev–Trinajstić information content (AvgIpc) is 2.17. The van der Waals surface area contributed by atoms with Crippen LogP contribution in [0.15, 0.2) is 0 Å². The highest BCUT2D eigenvalue weighted by Crippen LogP contribution is 2.25. The van der Waals surface area contributed by atoms with Crippen molar-refractivity contribution in [2.75, 3.05) is 19.6 Å². The molecule has 3 nitrogen and oxygen atoms in total. The SMILES string of the molecule is CCC1CCC[N+](CC)(C(=O)[O-])C1. The highest BCUT2D eigenvalue weighted by atomic mass is 16.4. The van der Waals surface area contributed by atoms with Gasteiger partial charge in [-0.25, -0.2) is 0 Å². The van der Waals surface area contributed by atoms with E-state index in [1.165, 1.54) is 6.42 Å². The van der Waals surface area contributed by atoms with E-state index in [4.69, 9.17) is 0 Å². The van der Waals surface area contributed by atoms with Crippen molar-refractivity contribution in [3.05, 3.63) is 0 Å². The Morgan fingerprint density at radius 1 is 1.54 bits per heavy atom. The van der Waals surface area contributed by atoms with Crippen LogP contribution in [0.4, 0.5) is 4.79 Å². The van der Waals surface area contributed by atoms with Crippen LogP contribution in [0.3, 0.4) is 0 Å². The number of carbonyl (C=O) groups excluding carboxylic acids is 1. The summed E-state index contributed by atoms with van der Waals surface area (Å²) in [7, 11) is 0. The number of amides is 1. The first kappa shape index (κ1) is 10.5. The predicted octanol–water partition coefficient (Wildman–Crippen LogP) is 0.986. The molecule has 2 unspecified atom stereocenters. The van der Waals surface area contributed by atoms with Crippen molar-refractivity contribution in [1.29, 1.82) is 0 Å². The molecule has 1 aliphatic heterocycles. The van der Waals surface area contributed by atoms with Gasteiger partial charge in [0.05, 0.1) is 19.6 Å². The molecular formula is C10H19NO2. The van der Waals surface area contributed by atoms with Crippen molar-refractivity contribution in [2.24, 2.45) is 5.92 Å². The summed E-state index contributed by atoms with van der Waals surface area (Å²) >= 11 is 0. The molecule has 0 saturated carbocycles. The smallest absolute Gasteiger partial charge is 0.257 e. The zero-order valence-electron chi connectivity index (χ0n) is 8.58. The maximum atomic E-state index is 11.0. The van der Waals surface area contributed by atoms with Crippen LogP contribution >= 0.6 is 0 Å². The molecule has 1 amide bonds. The van der Waals surface area contributed by atoms with E-state index in [1.54, 1.807) is 0 Å². The quantitative estimate of drug-likeness (QED) is 0.602. The second kappa shape index (κ2) is 4.09. The normalized spacial score (nSPS) is 34.5. The van der Waals surface area contributed by atoms with Crippen LogP contribution in [-0.2, 0) is 0 Å². The number of likely N-dealkylation sites (tertiary alicyclic amines) is 1. The predicted molar refractivity (Wildman–Crippen MR) is 48.9 cm³/mol. The van der Waals surface area contributed by atoms with E-state index in [9.17, 15) is 9.90 Å². The van der Waals surface area contributed by atoms with E-state index in [0.717, 1.165) is 25.9 Å². The molecule has 1 rings (SSSR count). The first-order valence-corrected chi connectivity index (χ1v) is 5.22. The third kappa shape index (κ3) is 2.02. The van der Waals surface area contributed by atoms with Gasteiger partial charge in [0, 0.05) is 5.92 Å². The van der Waals surface area contributed by atoms with E-state index in [0.29, 0.717) is 12.5 Å². The second-order valence-electron chi connectivity index (χ2n) is 4.05. The van der Waals surface area contributed by atoms with Crippen molar-refractivity contribution in [1.82, 2.24) is 0 Å². The fourth-order valence-corrected chi connectivity index (χ4v) is 2.27. The van der Waals surface area contributed by atoms with Crippen molar-refractivity contribution < 1.29 is 14.4 Å². The summed E-state index contributed by atoms with van der Waals surface area (Å²) in [6.45, 7) is 6.27. The number of hydrogen-bond acceptors (Lipinski definition) is 2. The lowest BCUT2D eigenvalue weighted by atomic mass is 9.94. The molecule has 0 aromatic carbocycles. The number of carbonyl (C=O) groups is 1. The fourth-order valence-electron chi connectivity index (χ4n) is 2.27. The number of quaternary nitrogens is 1. The molecule has 0 spiro atoms. The summed E-state index contributed by atoms with van der Waals surface area (Å²) in [5, 5.41) is 11.0. The first-order chi connectivity index (χ1) is 6.14. The molecule has 1 saturated heterocycles. The average molecular weight is 185 g/mol. The maximum absolute atomic E-state index is 11.0. The molecule has 1 heterocycles. The van der Waals surface area contributed by atoms with Gasteiger partial charge in [0.1, 0.15) is 0 Å². The highest BCUT2D eigenvalue weighted by molar-refractivity contribution is 5.54. The molecule has 1 fully saturated rings. The lowest BCUT2D eigenvalue weighted by Gasteiger charge is -2.42. The summed E-state index contributed by atoms with van der Waals surface area (Å²) in [6.07, 6.45) is 2.41. The fraction of sp³-hybridized carbons (Fsp3) is 0.900. The minimum atomic E-state index is -0.888. The third-order valence-corrected chi connectivity index (χ3v) is 3.38. The van der Waals surface area contributed by atoms with Gasteiger partial charge in [0.2, 0.25) is 0 Å². The van der Waals surface area contributed by atoms with Crippen molar-refractivity contribution in [3.63, 3.8) is 0 Å². The highest BCUT2D eigenvalue weighted by Gasteiger charge is 2.34. The largest absolute Gasteiger partial charge is 0.498 e. The van der Waals surface area contributed by atoms with Gasteiger partial charge in [-0.15, -0.1) is 0 Å². The molecule has 0 aromatic heterocycles. The molecule has 1 aliphatic rings. The van der Waals surface area contributed by atoms with Crippen LogP contribution in [0, 0.1) is 5.92 Å². The molecular weight excluding hydrogens is 166 g/mol. The first-order valence-electron chi connectivity index (χ1n) is 5.22. The maximum Gasteiger partial charge on any atom is 0.257 e. The molecule has 0 aromatic rings. The summed E-state index contributed by atoms with van der Waals surface area (Å²) in [5.74, 6) is 0.576. The third-order valence-electron chi connectivity index (χ3n) is 3.38. The topological polar surface area (TPSA) is 40.1 Å². The van der Waals surface area contributed by atoms with Gasteiger partial charge in [0.15, 0.2) is 0 Å². The second-order valence-corrected chi connectivity index (χ2v) is 4.05. The Morgan fingerprint density at radius 2 is 2.23 bits per heavy atom. The van der Waals surface area contributed by atoms with Crippen LogP contribution in [-0.4, -0.2) is 30.2 Å². The Kier molecular flexibility index (Phi) is 3.31. The monoisotopic (exact) mass is 185 g/mol. The lowest BCUT2D eigenvalue weighted by Crippen LogP contribution is -2.62. The van der Waals surface area contributed by atoms with E-state index in [1.807, 2.05) is 6.92 Å². The van der Waals surface area contributed by atoms with Gasteiger partial charge in [-0.05, 0) is 26.2 Å². The molecule has 76 valence electrons. The molecule has 0 aliphatic carbocycles. The minimum absolute atomic E-state index is 0.179. The van der Waals surface area contributed by atoms with Crippen LogP contribution in [0.25, 0.3) is 0 Å². The summed E-state index contributed by atoms with van der Waals surface area (Å²) in [5.41, 5.74) is 0. The van der Waals surface area contributed by atoms with Crippen LogP contribution in [0.5, 0.6) is 0 Å². The Morgan fingerprint density at radius 3 is 2.69 bits per heavy atom. The summed E-state index contributed by atoms with van der Waals surface area (Å²) in [6, 6.07) is 0. The van der Waals surface area contributed by atoms with Gasteiger partial charge in [0.25, 0.3) is 6.09 Å². The van der Waals surface area contributed by atoms with E-state index >= 15 is 0 Å². The number of hydrogen-bond donors (Lipinski definition) is 0. The van der Waals surface area contributed by atoms with Crippen LogP contribution in [0.2, 0.25) is 0 Å². The van der Waals surface area contributed by atoms with Crippen molar-refractivity contribution in [3.8, 4) is 0 Å². The molecule has 13 heavy (non-hydrogen) atoms. The number of rotatable bonds is 2. The van der Waals surface area contributed by atoms with Crippen molar-refractivity contribution >= 4 is 6.09 Å². The van der Waals surface area contributed by atoms with Crippen molar-refractivity contribution in [2.45, 2.75) is 33.1 Å². The lowest BCUT2D eigenvalue weighted by molar-refractivity contribution is -0.882. The molecule has 2 atom stereocenters. The number of nitrogens with zero attached hydrogens (tertiary/aromatic N) is 1. The Bertz CT molecular complexity index is 193. The summed E-state index contributed by atoms with van der Waals surface area (Å²) < 4.78 is 0.179. The molecule has 3 heteroatoms. The minimum Gasteiger partial charge on any atom is -0.498 e. The standard InChI is InChI=1S/C10H19NO2/c1-3-9-6-5-7-11(4-2,8-9)10(12)13/h9H,3-8H2,1-2H3. The van der Waals surface area contributed by atoms with Crippen LogP contribution < -0.4 is 5.11 Å². The number of carboxylic acid groups (broad SMARTS) is 1. The number of piperidine rings is 1. The van der Waals surface area contributed by atoms with Gasteiger partial charge in [-0.1, -0.05) is 6.92 Å². The van der Waals surface area contributed by atoms with Gasteiger partial charge >= 0.3 is 0 Å². The Hall–Kier alpha value is -0.570.